The Bertz CT molecular complexity index is 650. The lowest BCUT2D eigenvalue weighted by Crippen LogP contribution is -2.08. The Morgan fingerprint density at radius 1 is 1.42 bits per heavy atom. The van der Waals surface area contributed by atoms with Gasteiger partial charge < -0.3 is 5.11 Å². The van der Waals surface area contributed by atoms with Crippen molar-refractivity contribution in [2.24, 2.45) is 0 Å². The van der Waals surface area contributed by atoms with Crippen LogP contribution in [0, 0.1) is 13.8 Å². The van der Waals surface area contributed by atoms with E-state index in [4.69, 9.17) is 16.7 Å². The van der Waals surface area contributed by atoms with Crippen LogP contribution in [0.5, 0.6) is 0 Å². The van der Waals surface area contributed by atoms with E-state index in [0.717, 1.165) is 23.4 Å². The minimum Gasteiger partial charge on any atom is -0.476 e. The molecule has 2 rings (SSSR count). The highest BCUT2D eigenvalue weighted by Crippen LogP contribution is 2.20. The first-order chi connectivity index (χ1) is 8.95. The number of pyridine rings is 1. The average molecular weight is 280 g/mol. The molecule has 6 heteroatoms. The number of rotatable bonds is 3. The molecular formula is C13H14ClN3O2. The average Bonchev–Trinajstić information content (AvgIpc) is 2.64. The van der Waals surface area contributed by atoms with Crippen molar-refractivity contribution in [1.82, 2.24) is 14.8 Å². The van der Waals surface area contributed by atoms with Crippen LogP contribution in [0.25, 0.3) is 5.82 Å². The topological polar surface area (TPSA) is 68.0 Å². The van der Waals surface area contributed by atoms with E-state index in [-0.39, 0.29) is 10.7 Å². The lowest BCUT2D eigenvalue weighted by Gasteiger charge is -2.06. The molecule has 0 saturated carbocycles. The molecule has 100 valence electrons. The molecule has 1 N–H and O–H groups in total. The largest absolute Gasteiger partial charge is 0.476 e. The van der Waals surface area contributed by atoms with Gasteiger partial charge in [0, 0.05) is 5.69 Å². The monoisotopic (exact) mass is 279 g/mol. The maximum absolute atomic E-state index is 11.0. The van der Waals surface area contributed by atoms with Gasteiger partial charge in [-0.2, -0.15) is 5.10 Å². The highest BCUT2D eigenvalue weighted by molar-refractivity contribution is 6.33. The van der Waals surface area contributed by atoms with E-state index >= 15 is 0 Å². The standard InChI is InChI=1S/C13H14ClN3O2/c1-4-9-7(2)16-17(8(9)3)11-6-5-10(14)12(15-11)13(18)19/h5-6H,4H2,1-3H3,(H,18,19). The van der Waals surface area contributed by atoms with Gasteiger partial charge >= 0.3 is 5.97 Å². The summed E-state index contributed by atoms with van der Waals surface area (Å²) >= 11 is 5.81. The quantitative estimate of drug-likeness (QED) is 0.938. The number of halogens is 1. The lowest BCUT2D eigenvalue weighted by molar-refractivity contribution is 0.0690. The van der Waals surface area contributed by atoms with Gasteiger partial charge in [-0.1, -0.05) is 18.5 Å². The summed E-state index contributed by atoms with van der Waals surface area (Å²) in [5.74, 6) is -0.689. The van der Waals surface area contributed by atoms with Crippen LogP contribution in [-0.4, -0.2) is 25.8 Å². The summed E-state index contributed by atoms with van der Waals surface area (Å²) in [4.78, 5) is 15.1. The number of carboxylic acids is 1. The Balaban J connectivity index is 2.60. The molecule has 0 aliphatic rings. The van der Waals surface area contributed by atoms with Crippen LogP contribution in [-0.2, 0) is 6.42 Å². The lowest BCUT2D eigenvalue weighted by atomic mass is 10.1. The molecule has 0 aliphatic heterocycles. The van der Waals surface area contributed by atoms with Crippen LogP contribution >= 0.6 is 11.6 Å². The van der Waals surface area contributed by atoms with E-state index in [1.165, 1.54) is 6.07 Å². The number of aryl methyl sites for hydroxylation is 1. The van der Waals surface area contributed by atoms with Crippen molar-refractivity contribution in [3.05, 3.63) is 39.8 Å². The highest BCUT2D eigenvalue weighted by Gasteiger charge is 2.16. The zero-order chi connectivity index (χ0) is 14.2. The molecule has 0 spiro atoms. The molecule has 2 aromatic rings. The number of aromatic nitrogens is 3. The second-order valence-corrected chi connectivity index (χ2v) is 4.63. The zero-order valence-electron chi connectivity index (χ0n) is 10.9. The van der Waals surface area contributed by atoms with Gasteiger partial charge in [-0.3, -0.25) is 0 Å². The Hall–Kier alpha value is -1.88. The first-order valence-electron chi connectivity index (χ1n) is 5.91. The van der Waals surface area contributed by atoms with E-state index in [9.17, 15) is 4.79 Å². The van der Waals surface area contributed by atoms with Crippen molar-refractivity contribution in [2.75, 3.05) is 0 Å². The molecule has 0 aliphatic carbocycles. The minimum atomic E-state index is -1.15. The third-order valence-electron chi connectivity index (χ3n) is 3.05. The maximum atomic E-state index is 11.0. The van der Waals surface area contributed by atoms with Crippen molar-refractivity contribution in [3.63, 3.8) is 0 Å². The number of nitrogens with zero attached hydrogens (tertiary/aromatic N) is 3. The van der Waals surface area contributed by atoms with Crippen molar-refractivity contribution < 1.29 is 9.90 Å². The first kappa shape index (κ1) is 13.5. The molecule has 0 radical (unpaired) electrons. The van der Waals surface area contributed by atoms with Gasteiger partial charge in [-0.15, -0.1) is 0 Å². The first-order valence-corrected chi connectivity index (χ1v) is 6.28. The van der Waals surface area contributed by atoms with Crippen molar-refractivity contribution in [3.8, 4) is 5.82 Å². The molecule has 0 saturated heterocycles. The predicted molar refractivity (Wildman–Crippen MR) is 72.2 cm³/mol. The summed E-state index contributed by atoms with van der Waals surface area (Å²) < 4.78 is 1.65. The number of hydrogen-bond acceptors (Lipinski definition) is 3. The summed E-state index contributed by atoms with van der Waals surface area (Å²) in [5.41, 5.74) is 2.87. The van der Waals surface area contributed by atoms with Crippen molar-refractivity contribution in [1.29, 1.82) is 0 Å². The number of aromatic carboxylic acids is 1. The number of carbonyl (C=O) groups is 1. The fourth-order valence-electron chi connectivity index (χ4n) is 2.11. The fraction of sp³-hybridized carbons (Fsp3) is 0.308. The number of carboxylic acid groups (broad SMARTS) is 1. The van der Waals surface area contributed by atoms with Gasteiger partial charge in [-0.05, 0) is 38.0 Å². The normalized spacial score (nSPS) is 10.7. The molecule has 19 heavy (non-hydrogen) atoms. The van der Waals surface area contributed by atoms with E-state index in [1.54, 1.807) is 10.7 Å². The summed E-state index contributed by atoms with van der Waals surface area (Å²) in [5, 5.41) is 13.6. The van der Waals surface area contributed by atoms with Crippen LogP contribution in [0.1, 0.15) is 34.4 Å². The Morgan fingerprint density at radius 3 is 2.63 bits per heavy atom. The van der Waals surface area contributed by atoms with Gasteiger partial charge in [0.05, 0.1) is 10.7 Å². The van der Waals surface area contributed by atoms with Gasteiger partial charge in [0.15, 0.2) is 11.5 Å². The van der Waals surface area contributed by atoms with E-state index in [1.807, 2.05) is 13.8 Å². The van der Waals surface area contributed by atoms with Gasteiger partial charge in [-0.25, -0.2) is 14.5 Å². The van der Waals surface area contributed by atoms with Crippen LogP contribution in [0.2, 0.25) is 5.02 Å². The second-order valence-electron chi connectivity index (χ2n) is 4.22. The predicted octanol–water partition coefficient (Wildman–Crippen LogP) is 2.80. The molecular weight excluding hydrogens is 266 g/mol. The molecule has 0 aromatic carbocycles. The third-order valence-corrected chi connectivity index (χ3v) is 3.35. The SMILES string of the molecule is CCc1c(C)nn(-c2ccc(Cl)c(C(=O)O)n2)c1C. The molecule has 0 atom stereocenters. The van der Waals surface area contributed by atoms with Crippen molar-refractivity contribution in [2.45, 2.75) is 27.2 Å². The Labute approximate surface area is 115 Å². The van der Waals surface area contributed by atoms with E-state index < -0.39 is 5.97 Å². The number of hydrogen-bond donors (Lipinski definition) is 1. The Kier molecular flexibility index (Phi) is 3.57. The molecule has 0 amide bonds. The van der Waals surface area contributed by atoms with E-state index in [2.05, 4.69) is 17.0 Å². The molecule has 2 aromatic heterocycles. The highest BCUT2D eigenvalue weighted by atomic mass is 35.5. The van der Waals surface area contributed by atoms with Gasteiger partial charge in [0.1, 0.15) is 0 Å². The summed E-state index contributed by atoms with van der Waals surface area (Å²) in [6.45, 7) is 5.92. The molecule has 0 unspecified atom stereocenters. The molecule has 0 fully saturated rings. The van der Waals surface area contributed by atoms with E-state index in [0.29, 0.717) is 5.82 Å². The third kappa shape index (κ3) is 2.33. The molecule has 5 nitrogen and oxygen atoms in total. The molecule has 0 bridgehead atoms. The zero-order valence-corrected chi connectivity index (χ0v) is 11.7. The van der Waals surface area contributed by atoms with Gasteiger partial charge in [0.25, 0.3) is 0 Å². The van der Waals surface area contributed by atoms with Gasteiger partial charge in [0.2, 0.25) is 0 Å². The summed E-state index contributed by atoms with van der Waals surface area (Å²) in [7, 11) is 0. The van der Waals surface area contributed by atoms with Crippen molar-refractivity contribution >= 4 is 17.6 Å². The van der Waals surface area contributed by atoms with Crippen LogP contribution in [0.4, 0.5) is 0 Å². The summed E-state index contributed by atoms with van der Waals surface area (Å²) in [6, 6.07) is 3.18. The van der Waals surface area contributed by atoms with Crippen LogP contribution in [0.3, 0.4) is 0 Å². The van der Waals surface area contributed by atoms with Crippen LogP contribution < -0.4 is 0 Å². The minimum absolute atomic E-state index is 0.119. The Morgan fingerprint density at radius 2 is 2.11 bits per heavy atom. The smallest absolute Gasteiger partial charge is 0.356 e. The molecule has 2 heterocycles. The summed E-state index contributed by atoms with van der Waals surface area (Å²) in [6.07, 6.45) is 0.872. The van der Waals surface area contributed by atoms with Crippen LogP contribution in [0.15, 0.2) is 12.1 Å². The fourth-order valence-corrected chi connectivity index (χ4v) is 2.30. The maximum Gasteiger partial charge on any atom is 0.356 e. The second kappa shape index (κ2) is 5.01.